The molecule has 1 aliphatic rings. The van der Waals surface area contributed by atoms with Crippen molar-refractivity contribution in [2.24, 2.45) is 0 Å². The molecule has 3 rings (SSSR count). The van der Waals surface area contributed by atoms with E-state index in [1.165, 1.54) is 0 Å². The predicted molar refractivity (Wildman–Crippen MR) is 84.6 cm³/mol. The van der Waals surface area contributed by atoms with Gasteiger partial charge in [-0.05, 0) is 18.9 Å². The van der Waals surface area contributed by atoms with Crippen LogP contribution in [0.15, 0.2) is 12.4 Å². The molecule has 7 heteroatoms. The molecule has 0 fully saturated rings. The first-order valence-electron chi connectivity index (χ1n) is 8.08. The van der Waals surface area contributed by atoms with E-state index in [2.05, 4.69) is 34.1 Å². The molecular weight excluding hydrogens is 292 g/mol. The van der Waals surface area contributed by atoms with Crippen LogP contribution >= 0.6 is 0 Å². The van der Waals surface area contributed by atoms with Crippen molar-refractivity contribution in [2.45, 2.75) is 52.6 Å². The van der Waals surface area contributed by atoms with E-state index in [1.54, 1.807) is 4.68 Å². The largest absolute Gasteiger partial charge is 0.336 e. The SMILES string of the molecule is CCn1cc(CC(=O)N2CCc3cnc(C(C)C)nc3C2)nn1. The van der Waals surface area contributed by atoms with Gasteiger partial charge < -0.3 is 4.90 Å². The first-order valence-corrected chi connectivity index (χ1v) is 8.08. The third-order valence-electron chi connectivity index (χ3n) is 4.08. The highest BCUT2D eigenvalue weighted by Crippen LogP contribution is 2.19. The summed E-state index contributed by atoms with van der Waals surface area (Å²) in [5.74, 6) is 1.20. The highest BCUT2D eigenvalue weighted by molar-refractivity contribution is 5.78. The number of carbonyl (C=O) groups excluding carboxylic acids is 1. The summed E-state index contributed by atoms with van der Waals surface area (Å²) in [6, 6.07) is 0. The molecular formula is C16H22N6O. The van der Waals surface area contributed by atoms with Crippen molar-refractivity contribution in [1.82, 2.24) is 29.9 Å². The first-order chi connectivity index (χ1) is 11.1. The number of fused-ring (bicyclic) bond motifs is 1. The molecule has 0 spiro atoms. The second-order valence-electron chi connectivity index (χ2n) is 6.16. The Bertz CT molecular complexity index is 708. The number of rotatable bonds is 4. The van der Waals surface area contributed by atoms with Gasteiger partial charge in [-0.2, -0.15) is 0 Å². The summed E-state index contributed by atoms with van der Waals surface area (Å²) in [6.07, 6.45) is 4.83. The molecule has 0 bridgehead atoms. The molecule has 0 saturated heterocycles. The third kappa shape index (κ3) is 3.38. The summed E-state index contributed by atoms with van der Waals surface area (Å²) < 4.78 is 1.73. The van der Waals surface area contributed by atoms with E-state index in [9.17, 15) is 4.79 Å². The van der Waals surface area contributed by atoms with Crippen LogP contribution in [-0.2, 0) is 30.7 Å². The van der Waals surface area contributed by atoms with E-state index in [-0.39, 0.29) is 18.2 Å². The Kier molecular flexibility index (Phi) is 4.36. The van der Waals surface area contributed by atoms with Crippen molar-refractivity contribution < 1.29 is 4.79 Å². The van der Waals surface area contributed by atoms with Crippen LogP contribution in [0.25, 0.3) is 0 Å². The van der Waals surface area contributed by atoms with Crippen molar-refractivity contribution in [2.75, 3.05) is 6.54 Å². The van der Waals surface area contributed by atoms with E-state index in [0.717, 1.165) is 30.0 Å². The highest BCUT2D eigenvalue weighted by Gasteiger charge is 2.23. The van der Waals surface area contributed by atoms with E-state index < -0.39 is 0 Å². The van der Waals surface area contributed by atoms with Crippen LogP contribution in [0.1, 0.15) is 49.5 Å². The Morgan fingerprint density at radius 2 is 2.22 bits per heavy atom. The standard InChI is InChI=1S/C16H22N6O/c1-4-22-9-13(19-20-22)7-15(23)21-6-5-12-8-17-16(11(2)3)18-14(12)10-21/h8-9,11H,4-7,10H2,1-3H3. The van der Waals surface area contributed by atoms with Gasteiger partial charge in [0.15, 0.2) is 0 Å². The molecule has 122 valence electrons. The van der Waals surface area contributed by atoms with Gasteiger partial charge in [0, 0.05) is 31.4 Å². The summed E-state index contributed by atoms with van der Waals surface area (Å²) in [5, 5.41) is 8.02. The number of amides is 1. The molecule has 3 heterocycles. The average molecular weight is 314 g/mol. The van der Waals surface area contributed by atoms with Crippen LogP contribution in [0.3, 0.4) is 0 Å². The monoisotopic (exact) mass is 314 g/mol. The van der Waals surface area contributed by atoms with E-state index in [4.69, 9.17) is 0 Å². The quantitative estimate of drug-likeness (QED) is 0.851. The summed E-state index contributed by atoms with van der Waals surface area (Å²) >= 11 is 0. The highest BCUT2D eigenvalue weighted by atomic mass is 16.2. The molecule has 7 nitrogen and oxygen atoms in total. The summed E-state index contributed by atoms with van der Waals surface area (Å²) in [7, 11) is 0. The minimum Gasteiger partial charge on any atom is -0.336 e. The van der Waals surface area contributed by atoms with Crippen molar-refractivity contribution in [3.05, 3.63) is 35.2 Å². The second-order valence-corrected chi connectivity index (χ2v) is 6.16. The lowest BCUT2D eigenvalue weighted by molar-refractivity contribution is -0.131. The third-order valence-corrected chi connectivity index (χ3v) is 4.08. The fourth-order valence-corrected chi connectivity index (χ4v) is 2.65. The van der Waals surface area contributed by atoms with Crippen LogP contribution in [0.2, 0.25) is 0 Å². The lowest BCUT2D eigenvalue weighted by Gasteiger charge is -2.28. The summed E-state index contributed by atoms with van der Waals surface area (Å²) in [6.45, 7) is 8.16. The molecule has 0 saturated carbocycles. The van der Waals surface area contributed by atoms with Crippen LogP contribution in [0, 0.1) is 0 Å². The van der Waals surface area contributed by atoms with Gasteiger partial charge in [0.1, 0.15) is 5.82 Å². The normalized spacial score (nSPS) is 14.2. The van der Waals surface area contributed by atoms with Gasteiger partial charge in [-0.15, -0.1) is 5.10 Å². The Hall–Kier alpha value is -2.31. The van der Waals surface area contributed by atoms with Crippen LogP contribution in [0.4, 0.5) is 0 Å². The minimum absolute atomic E-state index is 0.0727. The second kappa shape index (κ2) is 6.44. The molecule has 23 heavy (non-hydrogen) atoms. The Balaban J connectivity index is 1.70. The molecule has 0 radical (unpaired) electrons. The molecule has 0 unspecified atom stereocenters. The zero-order valence-corrected chi connectivity index (χ0v) is 13.9. The molecule has 0 aromatic carbocycles. The summed E-state index contributed by atoms with van der Waals surface area (Å²) in [5.41, 5.74) is 2.84. The van der Waals surface area contributed by atoms with E-state index in [0.29, 0.717) is 18.8 Å². The van der Waals surface area contributed by atoms with E-state index >= 15 is 0 Å². The van der Waals surface area contributed by atoms with Crippen molar-refractivity contribution in [1.29, 1.82) is 0 Å². The number of aromatic nitrogens is 5. The van der Waals surface area contributed by atoms with Crippen molar-refractivity contribution in [3.63, 3.8) is 0 Å². The first kappa shape index (κ1) is 15.6. The molecule has 1 aliphatic heterocycles. The van der Waals surface area contributed by atoms with Gasteiger partial charge in [0.05, 0.1) is 24.4 Å². The number of hydrogen-bond donors (Lipinski definition) is 0. The van der Waals surface area contributed by atoms with Gasteiger partial charge >= 0.3 is 0 Å². The number of carbonyl (C=O) groups is 1. The lowest BCUT2D eigenvalue weighted by Crippen LogP contribution is -2.37. The number of aryl methyl sites for hydroxylation is 1. The molecule has 2 aromatic heterocycles. The van der Waals surface area contributed by atoms with Gasteiger partial charge in [0.2, 0.25) is 5.91 Å². The van der Waals surface area contributed by atoms with Gasteiger partial charge in [0.25, 0.3) is 0 Å². The maximum absolute atomic E-state index is 12.5. The van der Waals surface area contributed by atoms with Gasteiger partial charge in [-0.1, -0.05) is 19.1 Å². The van der Waals surface area contributed by atoms with E-state index in [1.807, 2.05) is 24.2 Å². The molecule has 0 atom stereocenters. The summed E-state index contributed by atoms with van der Waals surface area (Å²) in [4.78, 5) is 23.4. The van der Waals surface area contributed by atoms with Crippen molar-refractivity contribution in [3.8, 4) is 0 Å². The predicted octanol–water partition coefficient (Wildman–Crippen LogP) is 1.34. The maximum Gasteiger partial charge on any atom is 0.229 e. The topological polar surface area (TPSA) is 76.8 Å². The zero-order chi connectivity index (χ0) is 16.4. The number of nitrogens with zero attached hydrogens (tertiary/aromatic N) is 6. The fraction of sp³-hybridized carbons (Fsp3) is 0.562. The van der Waals surface area contributed by atoms with Crippen molar-refractivity contribution >= 4 is 5.91 Å². The zero-order valence-electron chi connectivity index (χ0n) is 13.9. The average Bonchev–Trinajstić information content (AvgIpc) is 3.01. The Morgan fingerprint density at radius 1 is 1.39 bits per heavy atom. The molecule has 1 amide bonds. The minimum atomic E-state index is 0.0727. The maximum atomic E-state index is 12.5. The smallest absolute Gasteiger partial charge is 0.229 e. The van der Waals surface area contributed by atoms with Crippen LogP contribution < -0.4 is 0 Å². The number of hydrogen-bond acceptors (Lipinski definition) is 5. The Labute approximate surface area is 135 Å². The lowest BCUT2D eigenvalue weighted by atomic mass is 10.1. The van der Waals surface area contributed by atoms with Gasteiger partial charge in [-0.3, -0.25) is 9.48 Å². The van der Waals surface area contributed by atoms with Crippen LogP contribution in [0.5, 0.6) is 0 Å². The van der Waals surface area contributed by atoms with Crippen LogP contribution in [-0.4, -0.2) is 42.3 Å². The molecule has 0 N–H and O–H groups in total. The Morgan fingerprint density at radius 3 is 2.91 bits per heavy atom. The van der Waals surface area contributed by atoms with Gasteiger partial charge in [-0.25, -0.2) is 9.97 Å². The molecule has 0 aliphatic carbocycles. The fourth-order valence-electron chi connectivity index (χ4n) is 2.65. The molecule has 2 aromatic rings.